The van der Waals surface area contributed by atoms with Crippen molar-refractivity contribution in [3.05, 3.63) is 62.2 Å². The van der Waals surface area contributed by atoms with Crippen molar-refractivity contribution < 1.29 is 4.79 Å². The average molecular weight is 333 g/mol. The molecule has 0 saturated carbocycles. The van der Waals surface area contributed by atoms with E-state index in [2.05, 4.69) is 20.9 Å². The van der Waals surface area contributed by atoms with Crippen molar-refractivity contribution in [2.45, 2.75) is 25.8 Å². The molecule has 0 aliphatic heterocycles. The van der Waals surface area contributed by atoms with Crippen molar-refractivity contribution in [3.63, 3.8) is 0 Å². The van der Waals surface area contributed by atoms with E-state index in [-0.39, 0.29) is 17.9 Å². The number of fused-ring (bicyclic) bond motifs is 1. The predicted octanol–water partition coefficient (Wildman–Crippen LogP) is 2.38. The summed E-state index contributed by atoms with van der Waals surface area (Å²) in [5.41, 5.74) is 3.02. The number of aryl methyl sites for hydroxylation is 2. The molecule has 0 N–H and O–H groups in total. The van der Waals surface area contributed by atoms with Crippen LogP contribution in [0.2, 0.25) is 0 Å². The van der Waals surface area contributed by atoms with Crippen LogP contribution in [0, 0.1) is 0 Å². The van der Waals surface area contributed by atoms with Crippen molar-refractivity contribution >= 4 is 21.7 Å². The Bertz CT molecular complexity index is 737. The van der Waals surface area contributed by atoms with E-state index in [1.54, 1.807) is 0 Å². The molecular weight excluding hydrogens is 320 g/mol. The first-order valence-corrected chi connectivity index (χ1v) is 7.29. The predicted molar refractivity (Wildman–Crippen MR) is 79.0 cm³/mol. The highest BCUT2D eigenvalue weighted by Gasteiger charge is 2.15. The van der Waals surface area contributed by atoms with Gasteiger partial charge in [0.2, 0.25) is 0 Å². The number of benzene rings is 1. The Morgan fingerprint density at radius 3 is 2.95 bits per heavy atom. The molecule has 20 heavy (non-hydrogen) atoms. The van der Waals surface area contributed by atoms with Gasteiger partial charge in [-0.3, -0.25) is 14.2 Å². The van der Waals surface area contributed by atoms with Crippen LogP contribution in [0.4, 0.5) is 0 Å². The van der Waals surface area contributed by atoms with Gasteiger partial charge in [-0.25, -0.2) is 4.98 Å². The number of nitrogens with zero attached hydrogens (tertiary/aromatic N) is 2. The van der Waals surface area contributed by atoms with Crippen molar-refractivity contribution in [1.29, 1.82) is 0 Å². The molecule has 1 aromatic carbocycles. The fourth-order valence-corrected chi connectivity index (χ4v) is 2.87. The van der Waals surface area contributed by atoms with Crippen LogP contribution in [0.15, 0.2) is 40.0 Å². The molecule has 4 nitrogen and oxygen atoms in total. The molecule has 1 aliphatic rings. The van der Waals surface area contributed by atoms with Crippen LogP contribution in [0.5, 0.6) is 0 Å². The molecule has 0 saturated heterocycles. The second kappa shape index (κ2) is 5.32. The number of Topliss-reactive ketones (excluding diaryl/α,β-unsaturated/α-hetero) is 1. The zero-order chi connectivity index (χ0) is 14.1. The van der Waals surface area contributed by atoms with Gasteiger partial charge >= 0.3 is 0 Å². The number of halogens is 1. The van der Waals surface area contributed by atoms with E-state index in [1.165, 1.54) is 28.2 Å². The van der Waals surface area contributed by atoms with E-state index in [9.17, 15) is 9.59 Å². The minimum absolute atomic E-state index is 0.0179. The van der Waals surface area contributed by atoms with E-state index < -0.39 is 0 Å². The number of carbonyl (C=O) groups is 1. The maximum Gasteiger partial charge on any atom is 0.268 e. The lowest BCUT2D eigenvalue weighted by Gasteiger charge is -2.06. The minimum Gasteiger partial charge on any atom is -0.292 e. The van der Waals surface area contributed by atoms with Gasteiger partial charge in [-0.15, -0.1) is 0 Å². The Hall–Kier alpha value is -1.75. The van der Waals surface area contributed by atoms with Crippen LogP contribution in [-0.4, -0.2) is 15.3 Å². The molecule has 0 atom stereocenters. The third-order valence-corrected chi connectivity index (χ3v) is 4.14. The van der Waals surface area contributed by atoms with Gasteiger partial charge in [0.05, 0.1) is 12.9 Å². The second-order valence-electron chi connectivity index (χ2n) is 4.93. The molecule has 0 unspecified atom stereocenters. The summed E-state index contributed by atoms with van der Waals surface area (Å²) in [4.78, 5) is 28.0. The molecule has 0 radical (unpaired) electrons. The molecule has 3 rings (SSSR count). The van der Waals surface area contributed by atoms with Gasteiger partial charge in [-0.1, -0.05) is 12.1 Å². The molecule has 1 heterocycles. The number of hydrogen-bond acceptors (Lipinski definition) is 3. The second-order valence-corrected chi connectivity index (χ2v) is 5.79. The van der Waals surface area contributed by atoms with Crippen molar-refractivity contribution in [2.24, 2.45) is 0 Å². The number of hydrogen-bond donors (Lipinski definition) is 0. The maximum atomic E-state index is 12.3. The first-order valence-electron chi connectivity index (χ1n) is 6.50. The standard InChI is InChI=1S/C15H13BrN2O2/c16-13-7-17-9-18(15(13)20)8-14(19)12-5-4-10-2-1-3-11(10)6-12/h4-7,9H,1-3,8H2. The van der Waals surface area contributed by atoms with Crippen LogP contribution in [0.3, 0.4) is 0 Å². The highest BCUT2D eigenvalue weighted by Crippen LogP contribution is 2.23. The zero-order valence-electron chi connectivity index (χ0n) is 10.8. The Morgan fingerprint density at radius 1 is 1.30 bits per heavy atom. The molecule has 0 fully saturated rings. The topological polar surface area (TPSA) is 52.0 Å². The lowest BCUT2D eigenvalue weighted by Crippen LogP contribution is -2.24. The van der Waals surface area contributed by atoms with Crippen LogP contribution in [0.1, 0.15) is 27.9 Å². The highest BCUT2D eigenvalue weighted by molar-refractivity contribution is 9.10. The monoisotopic (exact) mass is 332 g/mol. The van der Waals surface area contributed by atoms with Crippen molar-refractivity contribution in [1.82, 2.24) is 9.55 Å². The van der Waals surface area contributed by atoms with E-state index >= 15 is 0 Å². The molecule has 1 aliphatic carbocycles. The lowest BCUT2D eigenvalue weighted by atomic mass is 10.0. The Morgan fingerprint density at radius 2 is 2.10 bits per heavy atom. The summed E-state index contributed by atoms with van der Waals surface area (Å²) in [6.07, 6.45) is 6.10. The van der Waals surface area contributed by atoms with E-state index in [1.807, 2.05) is 18.2 Å². The number of rotatable bonds is 3. The van der Waals surface area contributed by atoms with Gasteiger partial charge in [-0.05, 0) is 52.4 Å². The summed E-state index contributed by atoms with van der Waals surface area (Å²) in [5.74, 6) is -0.0679. The highest BCUT2D eigenvalue weighted by atomic mass is 79.9. The molecular formula is C15H13BrN2O2. The molecule has 0 amide bonds. The van der Waals surface area contributed by atoms with E-state index in [0.29, 0.717) is 10.0 Å². The van der Waals surface area contributed by atoms with E-state index in [4.69, 9.17) is 0 Å². The van der Waals surface area contributed by atoms with Crippen molar-refractivity contribution in [2.75, 3.05) is 0 Å². The average Bonchev–Trinajstić information content (AvgIpc) is 2.91. The molecule has 2 aromatic rings. The third-order valence-electron chi connectivity index (χ3n) is 3.59. The van der Waals surface area contributed by atoms with Gasteiger partial charge in [-0.2, -0.15) is 0 Å². The largest absolute Gasteiger partial charge is 0.292 e. The van der Waals surface area contributed by atoms with Gasteiger partial charge in [0.1, 0.15) is 4.47 Å². The molecule has 102 valence electrons. The fourth-order valence-electron chi connectivity index (χ4n) is 2.53. The zero-order valence-corrected chi connectivity index (χ0v) is 12.4. The Kier molecular flexibility index (Phi) is 3.53. The fraction of sp³-hybridized carbons (Fsp3) is 0.267. The normalized spacial score (nSPS) is 13.2. The summed E-state index contributed by atoms with van der Waals surface area (Å²) >= 11 is 3.13. The van der Waals surface area contributed by atoms with Crippen molar-refractivity contribution in [3.8, 4) is 0 Å². The molecule has 5 heteroatoms. The van der Waals surface area contributed by atoms with Gasteiger partial charge < -0.3 is 0 Å². The van der Waals surface area contributed by atoms with Crippen LogP contribution in [-0.2, 0) is 19.4 Å². The smallest absolute Gasteiger partial charge is 0.268 e. The van der Waals surface area contributed by atoms with Gasteiger partial charge in [0, 0.05) is 11.8 Å². The van der Waals surface area contributed by atoms with E-state index in [0.717, 1.165) is 19.3 Å². The van der Waals surface area contributed by atoms with Crippen LogP contribution < -0.4 is 5.56 Å². The lowest BCUT2D eigenvalue weighted by molar-refractivity contribution is 0.0970. The summed E-state index contributed by atoms with van der Waals surface area (Å²) < 4.78 is 1.68. The first-order chi connectivity index (χ1) is 9.65. The Labute approximate surface area is 124 Å². The van der Waals surface area contributed by atoms with Crippen LogP contribution >= 0.6 is 15.9 Å². The maximum absolute atomic E-state index is 12.3. The third kappa shape index (κ3) is 2.45. The number of aromatic nitrogens is 2. The summed E-state index contributed by atoms with van der Waals surface area (Å²) in [7, 11) is 0. The number of carbonyl (C=O) groups excluding carboxylic acids is 1. The molecule has 1 aromatic heterocycles. The van der Waals surface area contributed by atoms with Crippen LogP contribution in [0.25, 0.3) is 0 Å². The summed E-state index contributed by atoms with van der Waals surface area (Å²) in [6, 6.07) is 5.83. The molecule has 0 spiro atoms. The first kappa shape index (κ1) is 13.2. The minimum atomic E-state index is -0.241. The van der Waals surface area contributed by atoms with Gasteiger partial charge in [0.25, 0.3) is 5.56 Å². The molecule has 0 bridgehead atoms. The SMILES string of the molecule is O=C(Cn1cncc(Br)c1=O)c1ccc2c(c1)CCC2. The Balaban J connectivity index is 1.86. The number of ketones is 1. The summed E-state index contributed by atoms with van der Waals surface area (Å²) in [5, 5.41) is 0. The quantitative estimate of drug-likeness (QED) is 0.811. The summed E-state index contributed by atoms with van der Waals surface area (Å²) in [6.45, 7) is 0.0179. The van der Waals surface area contributed by atoms with Gasteiger partial charge in [0.15, 0.2) is 5.78 Å².